The van der Waals surface area contributed by atoms with E-state index in [4.69, 9.17) is 4.42 Å². The Bertz CT molecular complexity index is 3510. The van der Waals surface area contributed by atoms with Crippen LogP contribution in [0.3, 0.4) is 0 Å². The lowest BCUT2D eigenvalue weighted by atomic mass is 9.33. The van der Waals surface area contributed by atoms with Crippen LogP contribution in [0.4, 0.5) is 34.1 Å². The van der Waals surface area contributed by atoms with Crippen LogP contribution >= 0.6 is 0 Å². The highest BCUT2D eigenvalue weighted by Gasteiger charge is 2.45. The molecule has 4 heteroatoms. The highest BCUT2D eigenvalue weighted by molar-refractivity contribution is 7.00. The SMILES string of the molecule is CC(C)(C)c1ccc2c(c1)B1c3ccc(C(C)(C)C)cc3N(c3ccc4c(c3)oc3ccccc34)c3cc(C(C)(C)C)cc(c31)N2c1ccc(-c2cccc3c2-c2ccccc2C3(C)C)cc1. The molecule has 67 heavy (non-hydrogen) atoms. The Kier molecular flexibility index (Phi) is 8.78. The number of hydrogen-bond donors (Lipinski definition) is 0. The van der Waals surface area contributed by atoms with Crippen LogP contribution in [0.5, 0.6) is 0 Å². The Morgan fingerprint density at radius 2 is 1.01 bits per heavy atom. The highest BCUT2D eigenvalue weighted by Crippen LogP contribution is 2.53. The fourth-order valence-corrected chi connectivity index (χ4v) is 11.6. The van der Waals surface area contributed by atoms with Gasteiger partial charge in [0, 0.05) is 56.4 Å². The van der Waals surface area contributed by atoms with Crippen LogP contribution in [0, 0.1) is 0 Å². The highest BCUT2D eigenvalue weighted by atomic mass is 16.3. The molecule has 2 aliphatic heterocycles. The molecule has 0 fully saturated rings. The second-order valence-electron chi connectivity index (χ2n) is 23.1. The number of nitrogens with zero attached hydrogens (tertiary/aromatic N) is 2. The van der Waals surface area contributed by atoms with Crippen molar-refractivity contribution in [3.63, 3.8) is 0 Å². The molecule has 330 valence electrons. The first-order valence-electron chi connectivity index (χ1n) is 24.2. The molecule has 3 nitrogen and oxygen atoms in total. The van der Waals surface area contributed by atoms with Gasteiger partial charge in [0.1, 0.15) is 11.2 Å². The molecule has 0 bridgehead atoms. The molecule has 3 aliphatic rings. The summed E-state index contributed by atoms with van der Waals surface area (Å²) in [5.74, 6) is 0. The number of anilines is 6. The molecule has 0 spiro atoms. The third kappa shape index (κ3) is 6.25. The lowest BCUT2D eigenvalue weighted by molar-refractivity contribution is 0.589. The summed E-state index contributed by atoms with van der Waals surface area (Å²) in [5, 5.41) is 2.28. The fraction of sp³-hybridized carbons (Fsp3) is 0.238. The predicted octanol–water partition coefficient (Wildman–Crippen LogP) is 15.5. The van der Waals surface area contributed by atoms with Crippen molar-refractivity contribution >= 4 is 79.2 Å². The minimum Gasteiger partial charge on any atom is -0.456 e. The molecule has 12 rings (SSSR count). The first-order chi connectivity index (χ1) is 31.9. The summed E-state index contributed by atoms with van der Waals surface area (Å²) < 4.78 is 6.62. The van der Waals surface area contributed by atoms with Crippen molar-refractivity contribution in [1.29, 1.82) is 0 Å². The number of furan rings is 1. The number of benzene rings is 8. The lowest BCUT2D eigenvalue weighted by Crippen LogP contribution is -2.61. The average Bonchev–Trinajstić information content (AvgIpc) is 3.78. The van der Waals surface area contributed by atoms with Crippen molar-refractivity contribution in [1.82, 2.24) is 0 Å². The van der Waals surface area contributed by atoms with Crippen molar-refractivity contribution in [3.05, 3.63) is 186 Å². The Hall–Kier alpha value is -6.78. The summed E-state index contributed by atoms with van der Waals surface area (Å²) in [6, 6.07) is 60.1. The van der Waals surface area contributed by atoms with Gasteiger partial charge in [-0.1, -0.05) is 173 Å². The molecule has 0 atom stereocenters. The summed E-state index contributed by atoms with van der Waals surface area (Å²) in [7, 11) is 0. The molecule has 9 aromatic rings. The number of rotatable bonds is 3. The van der Waals surface area contributed by atoms with E-state index in [-0.39, 0.29) is 28.4 Å². The van der Waals surface area contributed by atoms with Gasteiger partial charge in [0.15, 0.2) is 0 Å². The van der Waals surface area contributed by atoms with Gasteiger partial charge in [0.05, 0.1) is 0 Å². The molecule has 3 heterocycles. The van der Waals surface area contributed by atoms with Gasteiger partial charge in [0.25, 0.3) is 6.71 Å². The van der Waals surface area contributed by atoms with Gasteiger partial charge in [0.2, 0.25) is 0 Å². The van der Waals surface area contributed by atoms with E-state index in [0.29, 0.717) is 0 Å². The van der Waals surface area contributed by atoms with Gasteiger partial charge < -0.3 is 14.2 Å². The van der Waals surface area contributed by atoms with Crippen LogP contribution in [0.1, 0.15) is 104 Å². The van der Waals surface area contributed by atoms with Gasteiger partial charge in [-0.3, -0.25) is 0 Å². The first kappa shape index (κ1) is 41.6. The molecular formula is C63H59BN2O. The largest absolute Gasteiger partial charge is 0.456 e. The smallest absolute Gasteiger partial charge is 0.252 e. The number of para-hydroxylation sites is 1. The molecule has 0 unspecified atom stereocenters. The Balaban J connectivity index is 1.12. The molecular weight excluding hydrogens is 812 g/mol. The van der Waals surface area contributed by atoms with E-state index >= 15 is 0 Å². The van der Waals surface area contributed by atoms with E-state index in [1.54, 1.807) is 0 Å². The molecule has 1 aliphatic carbocycles. The van der Waals surface area contributed by atoms with E-state index in [1.165, 1.54) is 89.2 Å². The Morgan fingerprint density at radius 3 is 1.75 bits per heavy atom. The van der Waals surface area contributed by atoms with Crippen molar-refractivity contribution in [2.45, 2.75) is 97.8 Å². The maximum Gasteiger partial charge on any atom is 0.252 e. The Morgan fingerprint density at radius 1 is 0.433 bits per heavy atom. The molecule has 0 amide bonds. The van der Waals surface area contributed by atoms with Gasteiger partial charge in [-0.05, 0) is 137 Å². The van der Waals surface area contributed by atoms with E-state index in [9.17, 15) is 0 Å². The fourth-order valence-electron chi connectivity index (χ4n) is 11.6. The van der Waals surface area contributed by atoms with Crippen LogP contribution in [0.15, 0.2) is 162 Å². The maximum atomic E-state index is 6.62. The average molecular weight is 871 g/mol. The van der Waals surface area contributed by atoms with E-state index in [1.807, 2.05) is 0 Å². The van der Waals surface area contributed by atoms with E-state index in [0.717, 1.165) is 33.3 Å². The number of hydrogen-bond acceptors (Lipinski definition) is 3. The summed E-state index contributed by atoms with van der Waals surface area (Å²) >= 11 is 0. The van der Waals surface area contributed by atoms with Crippen molar-refractivity contribution in [2.24, 2.45) is 0 Å². The summed E-state index contributed by atoms with van der Waals surface area (Å²) in [6.45, 7) is 25.8. The maximum absolute atomic E-state index is 6.62. The molecule has 0 saturated heterocycles. The molecule has 0 saturated carbocycles. The number of fused-ring (bicyclic) bond motifs is 10. The topological polar surface area (TPSA) is 19.6 Å². The van der Waals surface area contributed by atoms with Crippen LogP contribution in [0.2, 0.25) is 0 Å². The third-order valence-electron chi connectivity index (χ3n) is 15.3. The molecule has 0 radical (unpaired) electrons. The summed E-state index contributed by atoms with van der Waals surface area (Å²) in [5.41, 5.74) is 24.6. The van der Waals surface area contributed by atoms with Crippen LogP contribution in [-0.2, 0) is 21.7 Å². The standard InChI is InChI=1S/C63H59BN2O/c1-60(2,3)39-26-32-52-51(33-39)64-50-31-25-40(61(4,5)6)34-53(50)66(43-29-30-46-45-17-13-15-22-56(45)67-57(46)37-43)55-36-41(62(7,8)9)35-54(59(55)64)65(52)42-27-23-38(24-28-42)44-19-16-21-49-58(44)47-18-12-14-20-48(47)63(49,10)11/h12-37H,1-11H3. The monoisotopic (exact) mass is 870 g/mol. The van der Waals surface area contributed by atoms with Crippen LogP contribution < -0.4 is 26.2 Å². The second-order valence-corrected chi connectivity index (χ2v) is 23.1. The van der Waals surface area contributed by atoms with E-state index < -0.39 is 0 Å². The normalized spacial score (nSPS) is 14.8. The van der Waals surface area contributed by atoms with Crippen molar-refractivity contribution in [2.75, 3.05) is 9.80 Å². The minimum atomic E-state index is -0.132. The van der Waals surface area contributed by atoms with Crippen molar-refractivity contribution < 1.29 is 4.42 Å². The second kappa shape index (κ2) is 14.1. The van der Waals surface area contributed by atoms with E-state index in [2.05, 4.69) is 244 Å². The predicted molar refractivity (Wildman–Crippen MR) is 287 cm³/mol. The minimum absolute atomic E-state index is 0.0115. The third-order valence-corrected chi connectivity index (χ3v) is 15.3. The summed E-state index contributed by atoms with van der Waals surface area (Å²) in [4.78, 5) is 5.12. The van der Waals surface area contributed by atoms with Gasteiger partial charge in [-0.15, -0.1) is 0 Å². The first-order valence-corrected chi connectivity index (χ1v) is 24.2. The van der Waals surface area contributed by atoms with Crippen molar-refractivity contribution in [3.8, 4) is 22.3 Å². The lowest BCUT2D eigenvalue weighted by Gasteiger charge is -2.45. The molecule has 0 N–H and O–H groups in total. The zero-order valence-electron chi connectivity index (χ0n) is 40.9. The van der Waals surface area contributed by atoms with Crippen LogP contribution in [0.25, 0.3) is 44.2 Å². The molecule has 8 aromatic carbocycles. The zero-order valence-corrected chi connectivity index (χ0v) is 40.9. The van der Waals surface area contributed by atoms with Crippen LogP contribution in [-0.4, -0.2) is 6.71 Å². The van der Waals surface area contributed by atoms with Gasteiger partial charge in [-0.2, -0.15) is 0 Å². The summed E-state index contributed by atoms with van der Waals surface area (Å²) in [6.07, 6.45) is 0. The quantitative estimate of drug-likeness (QED) is 0.165. The van der Waals surface area contributed by atoms with Gasteiger partial charge in [-0.25, -0.2) is 0 Å². The Labute approximate surface area is 397 Å². The zero-order chi connectivity index (χ0) is 46.5. The van der Waals surface area contributed by atoms with Gasteiger partial charge >= 0.3 is 0 Å². The molecule has 1 aromatic heterocycles.